The molecule has 1 aromatic rings. The first-order chi connectivity index (χ1) is 8.89. The largest absolute Gasteiger partial charge is 0.339 e. The van der Waals surface area contributed by atoms with Gasteiger partial charge in [0, 0.05) is 23.8 Å². The Kier molecular flexibility index (Phi) is 4.10. The molecule has 0 atom stereocenters. The minimum absolute atomic E-state index is 0.119. The van der Waals surface area contributed by atoms with Gasteiger partial charge in [0.15, 0.2) is 0 Å². The van der Waals surface area contributed by atoms with Gasteiger partial charge in [-0.25, -0.2) is 12.8 Å². The smallest absolute Gasteiger partial charge is 0.261 e. The van der Waals surface area contributed by atoms with Crippen LogP contribution in [0.5, 0.6) is 0 Å². The molecule has 2 rings (SSSR count). The van der Waals surface area contributed by atoms with E-state index in [0.717, 1.165) is 31.4 Å². The lowest BCUT2D eigenvalue weighted by Gasteiger charge is -2.26. The van der Waals surface area contributed by atoms with E-state index >= 15 is 0 Å². The number of likely N-dealkylation sites (tertiary alicyclic amines) is 1. The minimum Gasteiger partial charge on any atom is -0.339 e. The predicted octanol–water partition coefficient (Wildman–Crippen LogP) is 2.38. The highest BCUT2D eigenvalue weighted by molar-refractivity contribution is 8.13. The number of carbonyl (C=O) groups is 1. The fourth-order valence-corrected chi connectivity index (χ4v) is 2.85. The number of nitrogens with zero attached hydrogens (tertiary/aromatic N) is 1. The van der Waals surface area contributed by atoms with Crippen molar-refractivity contribution in [3.8, 4) is 0 Å². The van der Waals surface area contributed by atoms with Gasteiger partial charge in [0.1, 0.15) is 5.82 Å². The number of piperidine rings is 1. The molecule has 1 amide bonds. The van der Waals surface area contributed by atoms with E-state index in [9.17, 15) is 17.6 Å². The molecule has 0 unspecified atom stereocenters. The second kappa shape index (κ2) is 5.46. The molecule has 1 aromatic carbocycles. The van der Waals surface area contributed by atoms with Crippen LogP contribution in [0.4, 0.5) is 4.39 Å². The normalized spacial score (nSPS) is 16.4. The summed E-state index contributed by atoms with van der Waals surface area (Å²) in [6.07, 6.45) is 2.87. The van der Waals surface area contributed by atoms with Crippen LogP contribution in [0.3, 0.4) is 0 Å². The molecule has 0 aliphatic carbocycles. The zero-order valence-electron chi connectivity index (χ0n) is 10.1. The molecule has 4 nitrogen and oxygen atoms in total. The van der Waals surface area contributed by atoms with Crippen molar-refractivity contribution in [3.63, 3.8) is 0 Å². The molecular formula is C12H13ClFNO3S. The Hall–Kier alpha value is -1.14. The maximum Gasteiger partial charge on any atom is 0.261 e. The van der Waals surface area contributed by atoms with Crippen molar-refractivity contribution in [2.75, 3.05) is 13.1 Å². The van der Waals surface area contributed by atoms with Crippen LogP contribution in [0.1, 0.15) is 29.6 Å². The van der Waals surface area contributed by atoms with Crippen LogP contribution < -0.4 is 0 Å². The summed E-state index contributed by atoms with van der Waals surface area (Å²) in [7, 11) is 1.14. The van der Waals surface area contributed by atoms with Gasteiger partial charge >= 0.3 is 0 Å². The molecule has 0 saturated carbocycles. The Balaban J connectivity index is 2.28. The summed E-state index contributed by atoms with van der Waals surface area (Å²) in [6.45, 7) is 1.21. The third kappa shape index (κ3) is 3.25. The Morgan fingerprint density at radius 1 is 1.21 bits per heavy atom. The molecule has 0 N–H and O–H groups in total. The molecule has 0 bridgehead atoms. The van der Waals surface area contributed by atoms with Crippen LogP contribution in [-0.2, 0) is 9.05 Å². The number of hydrogen-bond donors (Lipinski definition) is 0. The molecule has 0 spiro atoms. The zero-order chi connectivity index (χ0) is 14.0. The molecule has 1 aliphatic heterocycles. The first kappa shape index (κ1) is 14.3. The molecule has 0 radical (unpaired) electrons. The summed E-state index contributed by atoms with van der Waals surface area (Å²) < 4.78 is 36.0. The van der Waals surface area contributed by atoms with Gasteiger partial charge in [0.2, 0.25) is 0 Å². The Morgan fingerprint density at radius 2 is 1.84 bits per heavy atom. The molecular weight excluding hydrogens is 293 g/mol. The van der Waals surface area contributed by atoms with Crippen molar-refractivity contribution in [1.82, 2.24) is 4.90 Å². The van der Waals surface area contributed by atoms with E-state index in [1.165, 1.54) is 6.07 Å². The van der Waals surface area contributed by atoms with Crippen LogP contribution >= 0.6 is 10.7 Å². The van der Waals surface area contributed by atoms with Gasteiger partial charge in [0.25, 0.3) is 15.0 Å². The maximum absolute atomic E-state index is 13.8. The van der Waals surface area contributed by atoms with E-state index in [2.05, 4.69) is 0 Å². The highest BCUT2D eigenvalue weighted by Crippen LogP contribution is 2.20. The third-order valence-corrected chi connectivity index (χ3v) is 4.45. The van der Waals surface area contributed by atoms with Gasteiger partial charge < -0.3 is 4.90 Å². The quantitative estimate of drug-likeness (QED) is 0.788. The van der Waals surface area contributed by atoms with Crippen molar-refractivity contribution in [1.29, 1.82) is 0 Å². The number of amides is 1. The number of carbonyl (C=O) groups excluding carboxylic acids is 1. The molecule has 19 heavy (non-hydrogen) atoms. The number of rotatable bonds is 2. The molecule has 0 aromatic heterocycles. The highest BCUT2D eigenvalue weighted by atomic mass is 35.7. The van der Waals surface area contributed by atoms with Crippen LogP contribution in [-0.4, -0.2) is 32.3 Å². The van der Waals surface area contributed by atoms with Crippen LogP contribution in [0, 0.1) is 5.82 Å². The second-order valence-electron chi connectivity index (χ2n) is 4.43. The Bertz CT molecular complexity index is 597. The lowest BCUT2D eigenvalue weighted by atomic mass is 10.1. The van der Waals surface area contributed by atoms with Crippen molar-refractivity contribution < 1.29 is 17.6 Å². The Morgan fingerprint density at radius 3 is 2.37 bits per heavy atom. The summed E-state index contributed by atoms with van der Waals surface area (Å²) in [5.74, 6) is -1.27. The summed E-state index contributed by atoms with van der Waals surface area (Å²) in [5.41, 5.74) is -0.119. The average molecular weight is 306 g/mol. The minimum atomic E-state index is -3.99. The molecule has 1 heterocycles. The van der Waals surface area contributed by atoms with Gasteiger partial charge in [0.05, 0.1) is 10.5 Å². The van der Waals surface area contributed by atoms with Crippen LogP contribution in [0.2, 0.25) is 0 Å². The summed E-state index contributed by atoms with van der Waals surface area (Å²) in [4.78, 5) is 13.3. The first-order valence-corrected chi connectivity index (χ1v) is 8.24. The van der Waals surface area contributed by atoms with Gasteiger partial charge in [-0.2, -0.15) is 0 Å². The predicted molar refractivity (Wildman–Crippen MR) is 69.2 cm³/mol. The van der Waals surface area contributed by atoms with E-state index in [1.54, 1.807) is 4.90 Å². The van der Waals surface area contributed by atoms with E-state index in [1.807, 2.05) is 0 Å². The van der Waals surface area contributed by atoms with Crippen LogP contribution in [0.15, 0.2) is 23.1 Å². The maximum atomic E-state index is 13.8. The topological polar surface area (TPSA) is 54.5 Å². The first-order valence-electron chi connectivity index (χ1n) is 5.93. The van der Waals surface area contributed by atoms with Crippen molar-refractivity contribution >= 4 is 25.6 Å². The van der Waals surface area contributed by atoms with E-state index in [0.29, 0.717) is 13.1 Å². The number of benzene rings is 1. The third-order valence-electron chi connectivity index (χ3n) is 3.10. The number of halogens is 2. The fraction of sp³-hybridized carbons (Fsp3) is 0.417. The van der Waals surface area contributed by atoms with Gasteiger partial charge in [-0.05, 0) is 37.5 Å². The van der Waals surface area contributed by atoms with Crippen molar-refractivity contribution in [3.05, 3.63) is 29.6 Å². The van der Waals surface area contributed by atoms with Crippen molar-refractivity contribution in [2.24, 2.45) is 0 Å². The average Bonchev–Trinajstić information content (AvgIpc) is 2.38. The molecule has 1 saturated heterocycles. The summed E-state index contributed by atoms with van der Waals surface area (Å²) >= 11 is 0. The van der Waals surface area contributed by atoms with Crippen molar-refractivity contribution in [2.45, 2.75) is 24.2 Å². The Labute approximate surface area is 115 Å². The highest BCUT2D eigenvalue weighted by Gasteiger charge is 2.22. The molecule has 104 valence electrons. The molecule has 7 heteroatoms. The fourth-order valence-electron chi connectivity index (χ4n) is 2.09. The van der Waals surface area contributed by atoms with Gasteiger partial charge in [-0.1, -0.05) is 0 Å². The van der Waals surface area contributed by atoms with Gasteiger partial charge in [-0.3, -0.25) is 4.79 Å². The van der Waals surface area contributed by atoms with Gasteiger partial charge in [-0.15, -0.1) is 0 Å². The van der Waals surface area contributed by atoms with E-state index in [4.69, 9.17) is 10.7 Å². The standard InChI is InChI=1S/C12H13ClFNO3S/c13-19(17,18)9-4-5-10(11(14)8-9)12(16)15-6-2-1-3-7-15/h4-5,8H,1-3,6-7H2. The lowest BCUT2D eigenvalue weighted by molar-refractivity contribution is 0.0719. The van der Waals surface area contributed by atoms with E-state index in [-0.39, 0.29) is 10.5 Å². The summed E-state index contributed by atoms with van der Waals surface area (Å²) in [5, 5.41) is 0. The lowest BCUT2D eigenvalue weighted by Crippen LogP contribution is -2.36. The zero-order valence-corrected chi connectivity index (χ0v) is 11.7. The summed E-state index contributed by atoms with van der Waals surface area (Å²) in [6, 6.07) is 3.09. The second-order valence-corrected chi connectivity index (χ2v) is 7.00. The SMILES string of the molecule is O=C(c1ccc(S(=O)(=O)Cl)cc1F)N1CCCCC1. The monoisotopic (exact) mass is 305 g/mol. The van der Waals surface area contributed by atoms with Crippen LogP contribution in [0.25, 0.3) is 0 Å². The molecule has 1 fully saturated rings. The number of hydrogen-bond acceptors (Lipinski definition) is 3. The molecule has 1 aliphatic rings. The van der Waals surface area contributed by atoms with E-state index < -0.39 is 20.8 Å².